The van der Waals surface area contributed by atoms with Gasteiger partial charge in [-0.15, -0.1) is 12.1 Å². The molecule has 0 aliphatic carbocycles. The fourth-order valence-electron chi connectivity index (χ4n) is 7.43. The summed E-state index contributed by atoms with van der Waals surface area (Å²) in [6, 6.07) is 71.6. The van der Waals surface area contributed by atoms with Gasteiger partial charge in [-0.05, 0) is 95.2 Å². The first-order chi connectivity index (χ1) is 31.0. The summed E-state index contributed by atoms with van der Waals surface area (Å²) in [6.07, 6.45) is 14.5. The molecule has 6 aromatic carbocycles. The van der Waals surface area contributed by atoms with Gasteiger partial charge in [-0.3, -0.25) is 4.98 Å². The molecule has 8 rings (SSSR count). The quantitative estimate of drug-likeness (QED) is 0.122. The molecule has 0 fully saturated rings. The fraction of sp³-hybridized carbons (Fsp3) is 0.292. The van der Waals surface area contributed by atoms with Gasteiger partial charge in [0, 0.05) is 29.5 Å². The molecule has 81 heavy (non-hydrogen) atoms. The topological polar surface area (TPSA) is 27.0 Å². The van der Waals surface area contributed by atoms with Crippen LogP contribution in [0.2, 0.25) is 0 Å². The van der Waals surface area contributed by atoms with E-state index in [9.17, 15) is 0 Å². The number of aromatic nitrogens is 2. The Balaban J connectivity index is -0.0000000598. The number of nitrogens with zero attached hydrogens (tertiary/aromatic N) is 1. The number of halogens is 3. The first kappa shape index (κ1) is 112. The molecule has 2 nitrogen and oxygen atoms in total. The molecule has 0 bridgehead atoms. The van der Waals surface area contributed by atoms with Crippen molar-refractivity contribution >= 4 is 12.2 Å². The maximum atomic E-state index is 4.42. The number of rotatable bonds is 14. The Kier molecular flexibility index (Phi) is 92.9. The zero-order chi connectivity index (χ0) is 44.3. The first-order valence-electron chi connectivity index (χ1n) is 22.4. The molecule has 3 unspecified atom stereocenters. The van der Waals surface area contributed by atoms with Crippen LogP contribution in [0.1, 0.15) is 179 Å². The molecule has 0 amide bonds. The van der Waals surface area contributed by atoms with E-state index < -0.39 is 0 Å². The van der Waals surface area contributed by atoms with Crippen LogP contribution < -0.4 is 118 Å². The Labute approximate surface area is 569 Å². The predicted octanol–water partition coefficient (Wildman–Crippen LogP) is 2.42. The maximum Gasteiger partial charge on any atom is 1.00 e. The van der Waals surface area contributed by atoms with Gasteiger partial charge in [-0.25, -0.2) is 4.98 Å². The Hall–Kier alpha value is -3.77. The van der Waals surface area contributed by atoms with Gasteiger partial charge in [-0.1, -0.05) is 274 Å². The summed E-state index contributed by atoms with van der Waals surface area (Å²) >= 11 is 0. The van der Waals surface area contributed by atoms with Crippen LogP contribution in [-0.2, 0) is 0 Å². The third-order valence-corrected chi connectivity index (χ3v) is 11.2. The second-order valence-corrected chi connectivity index (χ2v) is 15.6. The van der Waals surface area contributed by atoms with Crippen molar-refractivity contribution in [3.63, 3.8) is 0 Å². The molecule has 2 heterocycles. The van der Waals surface area contributed by atoms with Gasteiger partial charge in [0.05, 0.1) is 5.69 Å². The molecule has 8 aromatic rings. The van der Waals surface area contributed by atoms with Crippen LogP contribution in [0.3, 0.4) is 0 Å². The smallest absolute Gasteiger partial charge is 1.00 e. The molecule has 0 aliphatic rings. The van der Waals surface area contributed by atoms with Gasteiger partial charge in [0.2, 0.25) is 5.69 Å². The van der Waals surface area contributed by atoms with Gasteiger partial charge in [-0.2, -0.15) is 24.1 Å². The number of H-pyrrole nitrogens is 1. The van der Waals surface area contributed by atoms with Crippen molar-refractivity contribution < 1.29 is 118 Å². The molecule has 430 valence electrons. The summed E-state index contributed by atoms with van der Waals surface area (Å²) < 4.78 is 0. The van der Waals surface area contributed by atoms with Crippen LogP contribution in [0, 0.1) is 6.42 Å². The zero-order valence-corrected chi connectivity index (χ0v) is 44.8. The largest absolute Gasteiger partial charge is 1.00 e. The third kappa shape index (κ3) is 41.0. The van der Waals surface area contributed by atoms with Crippen molar-refractivity contribution in [1.82, 2.24) is 4.98 Å². The fourth-order valence-corrected chi connectivity index (χ4v) is 7.43. The van der Waals surface area contributed by atoms with Crippen molar-refractivity contribution in [3.8, 4) is 22.5 Å². The van der Waals surface area contributed by atoms with E-state index >= 15 is 0 Å². The number of nitrogens with one attached hydrogen (secondary N) is 1. The summed E-state index contributed by atoms with van der Waals surface area (Å²) in [7, 11) is 0. The van der Waals surface area contributed by atoms with Crippen molar-refractivity contribution in [1.29, 1.82) is 0 Å². The molecule has 0 radical (unpaired) electrons. The van der Waals surface area contributed by atoms with E-state index in [1.807, 2.05) is 79.1 Å². The van der Waals surface area contributed by atoms with E-state index in [4.69, 9.17) is 0 Å². The summed E-state index contributed by atoms with van der Waals surface area (Å²) in [4.78, 5) is 7.62. The van der Waals surface area contributed by atoms with Gasteiger partial charge in [0.1, 0.15) is 0 Å². The zero-order valence-electron chi connectivity index (χ0n) is 42.6. The minimum atomic E-state index is 0. The van der Waals surface area contributed by atoms with E-state index in [2.05, 4.69) is 202 Å². The molecule has 0 spiro atoms. The van der Waals surface area contributed by atoms with Gasteiger partial charge in [0.15, 0.2) is 6.20 Å². The average Bonchev–Trinajstić information content (AvgIpc) is 3.38. The molecule has 2 aromatic heterocycles. The molecule has 0 saturated heterocycles. The summed E-state index contributed by atoms with van der Waals surface area (Å²) in [5.74, 6) is 1.81. The van der Waals surface area contributed by atoms with Crippen LogP contribution in [0.25, 0.3) is 34.7 Å². The van der Waals surface area contributed by atoms with Crippen LogP contribution in [-0.4, -0.2) is 4.98 Å². The minimum absolute atomic E-state index is 0. The predicted molar refractivity (Wildman–Crippen MR) is 345 cm³/mol. The maximum absolute atomic E-state index is 4.42. The van der Waals surface area contributed by atoms with Gasteiger partial charge < -0.3 is 37.2 Å². The van der Waals surface area contributed by atoms with Gasteiger partial charge in [0.25, 0.3) is 0 Å². The Morgan fingerprint density at radius 2 is 0.827 bits per heavy atom. The second kappa shape index (κ2) is 67.0. The third-order valence-electron chi connectivity index (χ3n) is 11.2. The molecule has 0 saturated carbocycles. The number of pyridine rings is 2. The molecule has 3 atom stereocenters. The van der Waals surface area contributed by atoms with E-state index in [0.717, 1.165) is 23.4 Å². The normalized spacial score (nSPS) is 9.02. The Morgan fingerprint density at radius 1 is 0.432 bits per heavy atom. The summed E-state index contributed by atoms with van der Waals surface area (Å²) in [5, 5.41) is 0. The van der Waals surface area contributed by atoms with Crippen molar-refractivity contribution in [2.24, 2.45) is 0 Å². The first-order valence-corrected chi connectivity index (χ1v) is 22.4. The van der Waals surface area contributed by atoms with Crippen molar-refractivity contribution in [2.45, 2.75) is 146 Å². The SMILES string of the molecule is C.C.C.C.C.C.C.C.C.C.C.C=Cc1ccc(-c2cccc[nH+]2)cc1.C=Cc1ccccc1.CCC(CC(C)c1ccc(-c2ccccn2)cc1)c1ccccc1.CCC(C[CH-]c1ccccc1)c1ccccc1.[Cl-].[Cl-].[Cl-].[Li+].[Li+].[Li+].[Li+]. The molecule has 1 N–H and O–H groups in total. The molecule has 9 heteroatoms. The van der Waals surface area contributed by atoms with E-state index in [1.54, 1.807) is 0 Å². The van der Waals surface area contributed by atoms with Crippen LogP contribution in [0.4, 0.5) is 0 Å². The van der Waals surface area contributed by atoms with Crippen molar-refractivity contribution in [2.75, 3.05) is 0 Å². The van der Waals surface area contributed by atoms with E-state index in [-0.39, 0.29) is 194 Å². The monoisotopic (exact) mass is 1130 g/mol. The van der Waals surface area contributed by atoms with Crippen LogP contribution >= 0.6 is 0 Å². The summed E-state index contributed by atoms with van der Waals surface area (Å²) in [6.45, 7) is 14.2. The number of aromatic amines is 1. The van der Waals surface area contributed by atoms with Gasteiger partial charge >= 0.3 is 75.4 Å². The van der Waals surface area contributed by atoms with E-state index in [1.165, 1.54) is 58.2 Å². The molecular weight excluding hydrogens is 1030 g/mol. The number of benzene rings is 6. The minimum Gasteiger partial charge on any atom is -1.00 e. The average molecular weight is 1140 g/mol. The van der Waals surface area contributed by atoms with Crippen molar-refractivity contribution in [3.05, 3.63) is 272 Å². The van der Waals surface area contributed by atoms with E-state index in [0.29, 0.717) is 17.8 Å². The second-order valence-electron chi connectivity index (χ2n) is 15.6. The standard InChI is InChI=1S/C23H25N.C17H19.C13H11N.C8H8.11CH4.3ClH.4Li/c1-3-19(21-9-5-4-6-10-21)17-18(2)20-12-14-22(15-13-20)23-11-7-8-16-24-23;1-2-16(17-11-7-4-8-12-17)14-13-15-9-5-3-6-10-15;1-2-11-6-8-12(9-7-11)13-5-3-4-10-14-13;1-2-8-6-4-3-5-7-8;;;;;;;;;;;;;;;;;;/h4-16,18-19H,3,17H2,1-2H3;3-13,16H,2,14H2,1H3;2-10H,1H2;2-7H,1H2;11*1H4;3*1H;;;;/q;-1;;;;;;;;;;;;;;;;;4*+1/p-2. The molecular formula is C72H108Cl3Li4N2+. The van der Waals surface area contributed by atoms with Crippen LogP contribution in [0.15, 0.2) is 232 Å². The summed E-state index contributed by atoms with van der Waals surface area (Å²) in [5.41, 5.74) is 12.5. The number of hydrogen-bond donors (Lipinski definition) is 0. The number of hydrogen-bond acceptors (Lipinski definition) is 1. The molecule has 0 aliphatic heterocycles. The Bertz CT molecular complexity index is 2440. The van der Waals surface area contributed by atoms with Crippen LogP contribution in [0.5, 0.6) is 0 Å². The Morgan fingerprint density at radius 3 is 1.22 bits per heavy atom.